The van der Waals surface area contributed by atoms with Crippen LogP contribution in [0.25, 0.3) is 0 Å². The minimum absolute atomic E-state index is 0.0452. The number of aryl methyl sites for hydroxylation is 1. The smallest absolute Gasteiger partial charge is 0.279 e. The van der Waals surface area contributed by atoms with E-state index < -0.39 is 15.9 Å². The molecule has 31 heavy (non-hydrogen) atoms. The van der Waals surface area contributed by atoms with Gasteiger partial charge in [0.25, 0.3) is 5.91 Å². The van der Waals surface area contributed by atoms with Crippen LogP contribution in [-0.2, 0) is 28.4 Å². The Morgan fingerprint density at radius 1 is 1.23 bits per heavy atom. The number of rotatable bonds is 4. The number of nitrogens with zero attached hydrogens (tertiary/aromatic N) is 3. The maximum Gasteiger partial charge on any atom is 0.279 e. The van der Waals surface area contributed by atoms with Crippen molar-refractivity contribution in [1.82, 2.24) is 14.4 Å². The van der Waals surface area contributed by atoms with Gasteiger partial charge in [0.05, 0.1) is 17.1 Å². The van der Waals surface area contributed by atoms with Gasteiger partial charge in [0.2, 0.25) is 10.0 Å². The molecule has 0 fully saturated rings. The van der Waals surface area contributed by atoms with E-state index in [-0.39, 0.29) is 22.5 Å². The number of anilines is 1. The zero-order valence-electron chi connectivity index (χ0n) is 17.8. The number of benzene rings is 1. The molecule has 0 spiro atoms. The average molecular weight is 461 g/mol. The number of carbonyl (C=O) groups is 1. The van der Waals surface area contributed by atoms with Gasteiger partial charge in [-0.1, -0.05) is 38.1 Å². The lowest BCUT2D eigenvalue weighted by molar-refractivity contribution is 0.101. The molecule has 164 valence electrons. The number of aromatic nitrogens is 2. The fourth-order valence-electron chi connectivity index (χ4n) is 3.34. The fraction of sp³-hybridized carbons (Fsp3) is 0.381. The molecule has 3 heterocycles. The largest absolute Gasteiger partial charge is 0.361 e. The van der Waals surface area contributed by atoms with Crippen molar-refractivity contribution in [3.05, 3.63) is 57.9 Å². The van der Waals surface area contributed by atoms with Gasteiger partial charge >= 0.3 is 0 Å². The van der Waals surface area contributed by atoms with E-state index in [4.69, 9.17) is 4.52 Å². The third-order valence-corrected chi connectivity index (χ3v) is 7.99. The average Bonchev–Trinajstić information content (AvgIpc) is 3.32. The predicted octanol–water partition coefficient (Wildman–Crippen LogP) is 3.74. The van der Waals surface area contributed by atoms with Crippen molar-refractivity contribution in [3.8, 4) is 0 Å². The Morgan fingerprint density at radius 2 is 1.94 bits per heavy atom. The first-order valence-electron chi connectivity index (χ1n) is 9.88. The minimum Gasteiger partial charge on any atom is -0.361 e. The van der Waals surface area contributed by atoms with E-state index in [0.29, 0.717) is 23.9 Å². The highest BCUT2D eigenvalue weighted by molar-refractivity contribution is 7.89. The molecule has 1 aliphatic heterocycles. The van der Waals surface area contributed by atoms with Crippen molar-refractivity contribution in [2.45, 2.75) is 51.0 Å². The first-order valence-corrected chi connectivity index (χ1v) is 12.1. The molecule has 0 saturated carbocycles. The van der Waals surface area contributed by atoms with Crippen LogP contribution in [0, 0.1) is 6.92 Å². The normalized spacial score (nSPS) is 15.0. The SMILES string of the molecule is Cc1cc(C(=O)Nc2nc3c(s2)CN(S(=O)(=O)c2ccc(C(C)(C)C)cc2)CC3)no1. The summed E-state index contributed by atoms with van der Waals surface area (Å²) in [4.78, 5) is 17.8. The Kier molecular flexibility index (Phi) is 5.48. The number of hydrogen-bond acceptors (Lipinski definition) is 7. The number of nitrogens with one attached hydrogen (secondary N) is 1. The molecule has 0 bridgehead atoms. The highest BCUT2D eigenvalue weighted by Crippen LogP contribution is 2.32. The van der Waals surface area contributed by atoms with Crippen molar-refractivity contribution < 1.29 is 17.7 Å². The summed E-state index contributed by atoms with van der Waals surface area (Å²) in [6.45, 7) is 8.55. The minimum atomic E-state index is -3.62. The second kappa shape index (κ2) is 7.85. The molecule has 0 saturated heterocycles. The van der Waals surface area contributed by atoms with Gasteiger partial charge in [0, 0.05) is 23.9 Å². The summed E-state index contributed by atoms with van der Waals surface area (Å²) in [5.41, 5.74) is 2.02. The van der Waals surface area contributed by atoms with Gasteiger partial charge in [-0.2, -0.15) is 4.31 Å². The van der Waals surface area contributed by atoms with Crippen LogP contribution in [0.4, 0.5) is 5.13 Å². The van der Waals surface area contributed by atoms with Crippen molar-refractivity contribution >= 4 is 32.4 Å². The van der Waals surface area contributed by atoms with Crippen LogP contribution in [0.15, 0.2) is 39.8 Å². The van der Waals surface area contributed by atoms with Gasteiger partial charge in [0.15, 0.2) is 10.8 Å². The van der Waals surface area contributed by atoms with Crippen molar-refractivity contribution in [2.75, 3.05) is 11.9 Å². The molecule has 1 aromatic carbocycles. The van der Waals surface area contributed by atoms with Gasteiger partial charge in [0.1, 0.15) is 5.76 Å². The van der Waals surface area contributed by atoms with Crippen LogP contribution in [0.1, 0.15) is 53.2 Å². The first kappa shape index (κ1) is 21.7. The first-order chi connectivity index (χ1) is 14.5. The summed E-state index contributed by atoms with van der Waals surface area (Å²) in [6, 6.07) is 8.62. The molecular weight excluding hydrogens is 436 g/mol. The molecule has 1 aliphatic rings. The molecule has 0 radical (unpaired) electrons. The molecule has 4 rings (SSSR count). The van der Waals surface area contributed by atoms with Crippen LogP contribution < -0.4 is 5.32 Å². The number of carbonyl (C=O) groups excluding carboxylic acids is 1. The lowest BCUT2D eigenvalue weighted by Crippen LogP contribution is -2.35. The van der Waals surface area contributed by atoms with Gasteiger partial charge in [-0.05, 0) is 30.0 Å². The van der Waals surface area contributed by atoms with Crippen LogP contribution >= 0.6 is 11.3 Å². The van der Waals surface area contributed by atoms with Gasteiger partial charge in [-0.25, -0.2) is 13.4 Å². The molecule has 1 amide bonds. The third-order valence-electron chi connectivity index (χ3n) is 5.14. The zero-order valence-corrected chi connectivity index (χ0v) is 19.4. The van der Waals surface area contributed by atoms with Crippen LogP contribution in [0.2, 0.25) is 0 Å². The Labute approximate surface area is 185 Å². The summed E-state index contributed by atoms with van der Waals surface area (Å²) >= 11 is 1.28. The number of sulfonamides is 1. The highest BCUT2D eigenvalue weighted by Gasteiger charge is 2.31. The van der Waals surface area contributed by atoms with Crippen molar-refractivity contribution in [1.29, 1.82) is 0 Å². The molecule has 2 aromatic heterocycles. The quantitative estimate of drug-likeness (QED) is 0.636. The van der Waals surface area contributed by atoms with E-state index >= 15 is 0 Å². The lowest BCUT2D eigenvalue weighted by atomic mass is 9.87. The number of thiazole rings is 1. The number of amides is 1. The molecule has 1 N–H and O–H groups in total. The standard InChI is InChI=1S/C21H24N4O4S2/c1-13-11-17(24-29-13)19(26)23-20-22-16-9-10-25(12-18(16)30-20)31(27,28)15-7-5-14(6-8-15)21(2,3)4/h5-8,11H,9-10,12H2,1-4H3,(H,22,23,26). The Bertz CT molecular complexity index is 1220. The molecular formula is C21H24N4O4S2. The monoisotopic (exact) mass is 460 g/mol. The Balaban J connectivity index is 1.50. The highest BCUT2D eigenvalue weighted by atomic mass is 32.2. The maximum absolute atomic E-state index is 13.2. The van der Waals surface area contributed by atoms with Gasteiger partial charge < -0.3 is 4.52 Å². The lowest BCUT2D eigenvalue weighted by Gasteiger charge is -2.26. The summed E-state index contributed by atoms with van der Waals surface area (Å²) in [5, 5.41) is 6.83. The van der Waals surface area contributed by atoms with Gasteiger partial charge in [-0.3, -0.25) is 10.1 Å². The molecule has 3 aromatic rings. The predicted molar refractivity (Wildman–Crippen MR) is 118 cm³/mol. The Hall–Kier alpha value is -2.56. The summed E-state index contributed by atoms with van der Waals surface area (Å²) < 4.78 is 32.7. The van der Waals surface area contributed by atoms with E-state index in [1.54, 1.807) is 25.1 Å². The van der Waals surface area contributed by atoms with Crippen molar-refractivity contribution in [3.63, 3.8) is 0 Å². The molecule has 0 aliphatic carbocycles. The van der Waals surface area contributed by atoms with E-state index in [1.165, 1.54) is 15.6 Å². The van der Waals surface area contributed by atoms with Crippen molar-refractivity contribution in [2.24, 2.45) is 0 Å². The van der Waals surface area contributed by atoms with E-state index in [1.807, 2.05) is 12.1 Å². The molecule has 8 nitrogen and oxygen atoms in total. The third kappa shape index (κ3) is 4.41. The fourth-order valence-corrected chi connectivity index (χ4v) is 5.85. The topological polar surface area (TPSA) is 105 Å². The maximum atomic E-state index is 13.2. The van der Waals surface area contributed by atoms with Crippen LogP contribution in [-0.4, -0.2) is 35.3 Å². The molecule has 0 unspecified atom stereocenters. The van der Waals surface area contributed by atoms with Gasteiger partial charge in [-0.15, -0.1) is 11.3 Å². The van der Waals surface area contributed by atoms with E-state index in [0.717, 1.165) is 16.1 Å². The van der Waals surface area contributed by atoms with E-state index in [9.17, 15) is 13.2 Å². The van der Waals surface area contributed by atoms with Crippen LogP contribution in [0.3, 0.4) is 0 Å². The van der Waals surface area contributed by atoms with E-state index in [2.05, 4.69) is 36.2 Å². The summed E-state index contributed by atoms with van der Waals surface area (Å²) in [6.07, 6.45) is 0.490. The zero-order chi connectivity index (χ0) is 22.4. The second-order valence-electron chi connectivity index (χ2n) is 8.53. The summed E-state index contributed by atoms with van der Waals surface area (Å²) in [5.74, 6) is 0.131. The molecule has 10 heteroatoms. The second-order valence-corrected chi connectivity index (χ2v) is 11.6. The summed E-state index contributed by atoms with van der Waals surface area (Å²) in [7, 11) is -3.62. The Morgan fingerprint density at radius 3 is 2.55 bits per heavy atom. The number of fused-ring (bicyclic) bond motifs is 1. The van der Waals surface area contributed by atoms with Crippen LogP contribution in [0.5, 0.6) is 0 Å². The molecule has 0 atom stereocenters. The number of hydrogen-bond donors (Lipinski definition) is 1.